The van der Waals surface area contributed by atoms with Crippen LogP contribution in [-0.2, 0) is 26.0 Å². The largest absolute Gasteiger partial charge is 0.481 e. The van der Waals surface area contributed by atoms with Gasteiger partial charge in [0.05, 0.1) is 11.0 Å². The van der Waals surface area contributed by atoms with Crippen molar-refractivity contribution in [1.82, 2.24) is 4.31 Å². The maximum absolute atomic E-state index is 12.6. The molecule has 23 heavy (non-hydrogen) atoms. The van der Waals surface area contributed by atoms with Crippen LogP contribution in [0, 0.1) is 0 Å². The molecular formula is C14H18N2O6S. The molecule has 0 radical (unpaired) electrons. The van der Waals surface area contributed by atoms with Gasteiger partial charge in [-0.25, -0.2) is 8.42 Å². The average Bonchev–Trinajstić information content (AvgIpc) is 2.88. The van der Waals surface area contributed by atoms with Crippen molar-refractivity contribution in [3.05, 3.63) is 29.8 Å². The van der Waals surface area contributed by atoms with Crippen LogP contribution in [0.2, 0.25) is 0 Å². The average molecular weight is 342 g/mol. The molecule has 0 unspecified atom stereocenters. The number of aliphatic hydroxyl groups excluding tert-OH is 1. The number of carbonyl (C=O) groups excluding carboxylic acids is 1. The van der Waals surface area contributed by atoms with E-state index in [1.54, 1.807) is 0 Å². The molecule has 0 aromatic heterocycles. The first-order valence-electron chi connectivity index (χ1n) is 7.02. The van der Waals surface area contributed by atoms with Crippen LogP contribution in [0.1, 0.15) is 18.4 Å². The summed E-state index contributed by atoms with van der Waals surface area (Å²) in [5.41, 5.74) is 5.90. The minimum atomic E-state index is -3.96. The fourth-order valence-electron chi connectivity index (χ4n) is 2.52. The van der Waals surface area contributed by atoms with Gasteiger partial charge < -0.3 is 15.9 Å². The van der Waals surface area contributed by atoms with Crippen LogP contribution in [0.25, 0.3) is 0 Å². The first-order valence-corrected chi connectivity index (χ1v) is 8.46. The van der Waals surface area contributed by atoms with E-state index in [9.17, 15) is 23.1 Å². The molecule has 1 amide bonds. The lowest BCUT2D eigenvalue weighted by molar-refractivity contribution is -0.137. The summed E-state index contributed by atoms with van der Waals surface area (Å²) in [4.78, 5) is 21.9. The molecule has 0 bridgehead atoms. The molecule has 1 aliphatic heterocycles. The van der Waals surface area contributed by atoms with Crippen molar-refractivity contribution in [3.8, 4) is 0 Å². The Morgan fingerprint density at radius 2 is 1.87 bits per heavy atom. The number of nitrogens with two attached hydrogens (primary N) is 1. The number of β-amino-alcohol motifs (C(OH)–C–C–N with tert-alkyl or cyclic N) is 1. The molecule has 1 saturated heterocycles. The molecule has 0 spiro atoms. The third-order valence-corrected chi connectivity index (χ3v) is 5.61. The monoisotopic (exact) mass is 342 g/mol. The van der Waals surface area contributed by atoms with Gasteiger partial charge in [-0.3, -0.25) is 9.59 Å². The van der Waals surface area contributed by atoms with Gasteiger partial charge in [0.1, 0.15) is 6.04 Å². The molecule has 0 saturated carbocycles. The summed E-state index contributed by atoms with van der Waals surface area (Å²) < 4.78 is 26.1. The standard InChI is InChI=1S/C14H18N2O6S/c15-14(20)12-7-10(17)8-16(12)23(21,22)11-4-1-9(2-5-11)3-6-13(18)19/h1-2,4-5,10,12,17H,3,6-8H2,(H2,15,20)(H,18,19)/t10-,12+/m0/s1. The molecule has 1 aliphatic rings. The Labute approximate surface area is 133 Å². The van der Waals surface area contributed by atoms with Gasteiger partial charge in [-0.15, -0.1) is 0 Å². The van der Waals surface area contributed by atoms with Gasteiger partial charge in [0, 0.05) is 19.4 Å². The quantitative estimate of drug-likeness (QED) is 0.626. The van der Waals surface area contributed by atoms with Crippen molar-refractivity contribution in [2.45, 2.75) is 36.3 Å². The zero-order chi connectivity index (χ0) is 17.2. The third kappa shape index (κ3) is 3.87. The van der Waals surface area contributed by atoms with Crippen molar-refractivity contribution in [2.24, 2.45) is 5.73 Å². The molecule has 1 heterocycles. The predicted octanol–water partition coefficient (Wildman–Crippen LogP) is -0.687. The minimum absolute atomic E-state index is 0.0226. The number of benzene rings is 1. The van der Waals surface area contributed by atoms with E-state index < -0.39 is 34.0 Å². The van der Waals surface area contributed by atoms with Crippen LogP contribution >= 0.6 is 0 Å². The molecule has 1 fully saturated rings. The first kappa shape index (κ1) is 17.4. The molecule has 2 rings (SSSR count). The zero-order valence-electron chi connectivity index (χ0n) is 12.3. The Morgan fingerprint density at radius 1 is 1.26 bits per heavy atom. The van der Waals surface area contributed by atoms with Crippen molar-refractivity contribution >= 4 is 21.9 Å². The van der Waals surface area contributed by atoms with Crippen LogP contribution in [0.4, 0.5) is 0 Å². The van der Waals surface area contributed by atoms with Crippen LogP contribution in [-0.4, -0.2) is 53.5 Å². The van der Waals surface area contributed by atoms with Gasteiger partial charge in [-0.05, 0) is 24.1 Å². The fourth-order valence-corrected chi connectivity index (χ4v) is 4.17. The number of amides is 1. The molecule has 4 N–H and O–H groups in total. The van der Waals surface area contributed by atoms with E-state index in [4.69, 9.17) is 10.8 Å². The van der Waals surface area contributed by atoms with Gasteiger partial charge in [0.2, 0.25) is 15.9 Å². The molecule has 9 heteroatoms. The van der Waals surface area contributed by atoms with Crippen LogP contribution in [0.3, 0.4) is 0 Å². The highest BCUT2D eigenvalue weighted by Crippen LogP contribution is 2.26. The van der Waals surface area contributed by atoms with Gasteiger partial charge >= 0.3 is 5.97 Å². The number of aliphatic carboxylic acids is 1. The number of primary amides is 1. The predicted molar refractivity (Wildman–Crippen MR) is 79.9 cm³/mol. The number of aryl methyl sites for hydroxylation is 1. The molecular weight excluding hydrogens is 324 g/mol. The number of nitrogens with zero attached hydrogens (tertiary/aromatic N) is 1. The molecule has 1 aromatic carbocycles. The van der Waals surface area contributed by atoms with Crippen molar-refractivity contribution in [1.29, 1.82) is 0 Å². The van der Waals surface area contributed by atoms with Crippen LogP contribution in [0.15, 0.2) is 29.2 Å². The van der Waals surface area contributed by atoms with Gasteiger partial charge in [-0.2, -0.15) is 4.31 Å². The summed E-state index contributed by atoms with van der Waals surface area (Å²) in [6, 6.07) is 4.70. The summed E-state index contributed by atoms with van der Waals surface area (Å²) >= 11 is 0. The normalized spacial score (nSPS) is 22.1. The Hall–Kier alpha value is -1.97. The van der Waals surface area contributed by atoms with E-state index in [1.165, 1.54) is 24.3 Å². The second-order valence-corrected chi connectivity index (χ2v) is 7.31. The van der Waals surface area contributed by atoms with E-state index in [-0.39, 0.29) is 24.3 Å². The SMILES string of the molecule is NC(=O)[C@H]1C[C@H](O)CN1S(=O)(=O)c1ccc(CCC(=O)O)cc1. The second-order valence-electron chi connectivity index (χ2n) is 5.42. The summed E-state index contributed by atoms with van der Waals surface area (Å²) in [5.74, 6) is -1.74. The number of sulfonamides is 1. The van der Waals surface area contributed by atoms with Crippen molar-refractivity contribution < 1.29 is 28.2 Å². The van der Waals surface area contributed by atoms with Crippen molar-refractivity contribution in [3.63, 3.8) is 0 Å². The number of aliphatic hydroxyl groups is 1. The van der Waals surface area contributed by atoms with E-state index in [2.05, 4.69) is 0 Å². The Kier molecular flexibility index (Phi) is 5.03. The maximum atomic E-state index is 12.6. The van der Waals surface area contributed by atoms with Gasteiger partial charge in [0.25, 0.3) is 0 Å². The van der Waals surface area contributed by atoms with E-state index in [0.717, 1.165) is 4.31 Å². The van der Waals surface area contributed by atoms with E-state index >= 15 is 0 Å². The Bertz CT molecular complexity index is 700. The number of carboxylic acid groups (broad SMARTS) is 1. The molecule has 8 nitrogen and oxygen atoms in total. The lowest BCUT2D eigenvalue weighted by atomic mass is 10.1. The summed E-state index contributed by atoms with van der Waals surface area (Å²) in [6.45, 7) is -0.184. The second kappa shape index (κ2) is 6.65. The lowest BCUT2D eigenvalue weighted by Gasteiger charge is -2.21. The fraction of sp³-hybridized carbons (Fsp3) is 0.429. The van der Waals surface area contributed by atoms with Gasteiger partial charge in [-0.1, -0.05) is 12.1 Å². The number of carboxylic acids is 1. The van der Waals surface area contributed by atoms with E-state index in [1.807, 2.05) is 0 Å². The van der Waals surface area contributed by atoms with Gasteiger partial charge in [0.15, 0.2) is 0 Å². The summed E-state index contributed by atoms with van der Waals surface area (Å²) in [6.07, 6.45) is -0.710. The highest BCUT2D eigenvalue weighted by Gasteiger charge is 2.42. The Morgan fingerprint density at radius 3 is 2.39 bits per heavy atom. The smallest absolute Gasteiger partial charge is 0.303 e. The zero-order valence-corrected chi connectivity index (χ0v) is 13.1. The minimum Gasteiger partial charge on any atom is -0.481 e. The summed E-state index contributed by atoms with van der Waals surface area (Å²) in [7, 11) is -3.96. The molecule has 0 aliphatic carbocycles. The molecule has 1 aromatic rings. The first-order chi connectivity index (χ1) is 10.7. The third-order valence-electron chi connectivity index (χ3n) is 3.72. The number of carbonyl (C=O) groups is 2. The maximum Gasteiger partial charge on any atom is 0.303 e. The lowest BCUT2D eigenvalue weighted by Crippen LogP contribution is -2.43. The molecule has 126 valence electrons. The van der Waals surface area contributed by atoms with E-state index in [0.29, 0.717) is 12.0 Å². The number of hydrogen-bond donors (Lipinski definition) is 3. The number of rotatable bonds is 6. The highest BCUT2D eigenvalue weighted by atomic mass is 32.2. The van der Waals surface area contributed by atoms with Crippen molar-refractivity contribution in [2.75, 3.05) is 6.54 Å². The van der Waals surface area contributed by atoms with Crippen LogP contribution < -0.4 is 5.73 Å². The topological polar surface area (TPSA) is 138 Å². The summed E-state index contributed by atoms with van der Waals surface area (Å²) in [5, 5.41) is 18.3. The Balaban J connectivity index is 2.22. The van der Waals surface area contributed by atoms with Crippen LogP contribution in [0.5, 0.6) is 0 Å². The molecule has 2 atom stereocenters. The number of hydrogen-bond acceptors (Lipinski definition) is 5. The highest BCUT2D eigenvalue weighted by molar-refractivity contribution is 7.89.